The molecule has 0 aliphatic rings. The lowest BCUT2D eigenvalue weighted by molar-refractivity contribution is 0.563. The van der Waals surface area contributed by atoms with Crippen LogP contribution in [0.4, 0.5) is 0 Å². The second kappa shape index (κ2) is 6.80. The summed E-state index contributed by atoms with van der Waals surface area (Å²) in [4.78, 5) is 0. The van der Waals surface area contributed by atoms with Crippen molar-refractivity contribution in [3.8, 4) is 0 Å². The molecule has 0 radical (unpaired) electrons. The van der Waals surface area contributed by atoms with E-state index in [4.69, 9.17) is 5.73 Å². The van der Waals surface area contributed by atoms with Crippen molar-refractivity contribution in [2.24, 2.45) is 5.73 Å². The Labute approximate surface area is 106 Å². The van der Waals surface area contributed by atoms with Crippen molar-refractivity contribution in [1.29, 1.82) is 0 Å². The molecule has 96 valence electrons. The lowest BCUT2D eigenvalue weighted by Gasteiger charge is -2.18. The highest BCUT2D eigenvalue weighted by Crippen LogP contribution is 2.25. The summed E-state index contributed by atoms with van der Waals surface area (Å²) in [5.41, 5.74) is 11.7. The Morgan fingerprint density at radius 1 is 1.00 bits per heavy atom. The lowest BCUT2D eigenvalue weighted by atomic mass is 9.91. The molecular formula is C16H27N. The molecule has 0 spiro atoms. The average molecular weight is 233 g/mol. The first-order valence-electron chi connectivity index (χ1n) is 6.89. The number of benzene rings is 1. The molecule has 1 aromatic rings. The Morgan fingerprint density at radius 3 is 2.12 bits per heavy atom. The van der Waals surface area contributed by atoms with Crippen LogP contribution in [-0.2, 0) is 0 Å². The fraction of sp³-hybridized carbons (Fsp3) is 0.625. The average Bonchev–Trinajstić information content (AvgIpc) is 2.23. The van der Waals surface area contributed by atoms with Gasteiger partial charge in [-0.25, -0.2) is 0 Å². The first kappa shape index (κ1) is 14.2. The van der Waals surface area contributed by atoms with E-state index in [1.807, 2.05) is 0 Å². The minimum atomic E-state index is 0.215. The van der Waals surface area contributed by atoms with E-state index < -0.39 is 0 Å². The van der Waals surface area contributed by atoms with Crippen LogP contribution in [0.15, 0.2) is 12.1 Å². The zero-order valence-corrected chi connectivity index (χ0v) is 11.8. The van der Waals surface area contributed by atoms with Crippen LogP contribution in [0.3, 0.4) is 0 Å². The standard InChI is InChI=1S/C16H27N/c1-5-6-7-8-9-15(17)16-13(3)10-12(2)11-14(16)4/h10-11,15H,5-9,17H2,1-4H3. The van der Waals surface area contributed by atoms with Crippen molar-refractivity contribution in [3.63, 3.8) is 0 Å². The Bertz CT molecular complexity index is 332. The molecule has 0 heterocycles. The number of nitrogens with two attached hydrogens (primary N) is 1. The Hall–Kier alpha value is -0.820. The lowest BCUT2D eigenvalue weighted by Crippen LogP contribution is -2.13. The second-order valence-corrected chi connectivity index (χ2v) is 5.27. The summed E-state index contributed by atoms with van der Waals surface area (Å²) in [7, 11) is 0. The summed E-state index contributed by atoms with van der Waals surface area (Å²) < 4.78 is 0. The molecule has 0 fully saturated rings. The summed E-state index contributed by atoms with van der Waals surface area (Å²) in [6.45, 7) is 8.76. The van der Waals surface area contributed by atoms with Crippen LogP contribution >= 0.6 is 0 Å². The molecule has 1 unspecified atom stereocenters. The van der Waals surface area contributed by atoms with Gasteiger partial charge in [0.1, 0.15) is 0 Å². The van der Waals surface area contributed by atoms with Crippen molar-refractivity contribution in [3.05, 3.63) is 34.4 Å². The number of unbranched alkanes of at least 4 members (excludes halogenated alkanes) is 3. The van der Waals surface area contributed by atoms with Crippen LogP contribution in [0, 0.1) is 20.8 Å². The van der Waals surface area contributed by atoms with Crippen LogP contribution in [0.1, 0.15) is 67.3 Å². The molecular weight excluding hydrogens is 206 g/mol. The Balaban J connectivity index is 2.65. The van der Waals surface area contributed by atoms with Gasteiger partial charge in [0.05, 0.1) is 0 Å². The molecule has 0 aliphatic carbocycles. The molecule has 1 heteroatoms. The highest BCUT2D eigenvalue weighted by molar-refractivity contribution is 5.39. The maximum absolute atomic E-state index is 6.33. The minimum absolute atomic E-state index is 0.215. The normalized spacial score (nSPS) is 12.8. The predicted molar refractivity (Wildman–Crippen MR) is 76.3 cm³/mol. The highest BCUT2D eigenvalue weighted by Gasteiger charge is 2.11. The second-order valence-electron chi connectivity index (χ2n) is 5.27. The van der Waals surface area contributed by atoms with Crippen LogP contribution in [-0.4, -0.2) is 0 Å². The third-order valence-corrected chi connectivity index (χ3v) is 3.48. The van der Waals surface area contributed by atoms with E-state index in [0.29, 0.717) is 0 Å². The molecule has 0 saturated carbocycles. The van der Waals surface area contributed by atoms with Gasteiger partial charge < -0.3 is 5.73 Å². The van der Waals surface area contributed by atoms with Crippen LogP contribution < -0.4 is 5.73 Å². The quantitative estimate of drug-likeness (QED) is 0.715. The van der Waals surface area contributed by atoms with Gasteiger partial charge in [-0.1, -0.05) is 50.3 Å². The largest absolute Gasteiger partial charge is 0.324 e. The van der Waals surface area contributed by atoms with Gasteiger partial charge in [-0.2, -0.15) is 0 Å². The van der Waals surface area contributed by atoms with Crippen molar-refractivity contribution in [2.75, 3.05) is 0 Å². The maximum Gasteiger partial charge on any atom is 0.0300 e. The van der Waals surface area contributed by atoms with Gasteiger partial charge in [0, 0.05) is 6.04 Å². The SMILES string of the molecule is CCCCCCC(N)c1c(C)cc(C)cc1C. The molecule has 0 bridgehead atoms. The first-order valence-corrected chi connectivity index (χ1v) is 6.89. The summed E-state index contributed by atoms with van der Waals surface area (Å²) in [5.74, 6) is 0. The Kier molecular flexibility index (Phi) is 5.70. The van der Waals surface area contributed by atoms with E-state index in [9.17, 15) is 0 Å². The molecule has 2 N–H and O–H groups in total. The van der Waals surface area contributed by atoms with Crippen LogP contribution in [0.25, 0.3) is 0 Å². The Morgan fingerprint density at radius 2 is 1.59 bits per heavy atom. The molecule has 0 amide bonds. The molecule has 0 saturated heterocycles. The molecule has 17 heavy (non-hydrogen) atoms. The number of hydrogen-bond acceptors (Lipinski definition) is 1. The third kappa shape index (κ3) is 4.16. The molecule has 0 aromatic heterocycles. The van der Waals surface area contributed by atoms with E-state index in [2.05, 4.69) is 39.8 Å². The summed E-state index contributed by atoms with van der Waals surface area (Å²) in [5, 5.41) is 0. The molecule has 1 rings (SSSR count). The van der Waals surface area contributed by atoms with Crippen molar-refractivity contribution in [1.82, 2.24) is 0 Å². The van der Waals surface area contributed by atoms with Gasteiger partial charge in [0.25, 0.3) is 0 Å². The maximum atomic E-state index is 6.33. The number of hydrogen-bond donors (Lipinski definition) is 1. The van der Waals surface area contributed by atoms with Crippen LogP contribution in [0.5, 0.6) is 0 Å². The number of aryl methyl sites for hydroxylation is 3. The van der Waals surface area contributed by atoms with Gasteiger partial charge in [-0.15, -0.1) is 0 Å². The summed E-state index contributed by atoms with van der Waals surface area (Å²) >= 11 is 0. The summed E-state index contributed by atoms with van der Waals surface area (Å²) in [6, 6.07) is 4.70. The van der Waals surface area contributed by atoms with E-state index in [0.717, 1.165) is 6.42 Å². The van der Waals surface area contributed by atoms with Gasteiger partial charge in [-0.05, 0) is 43.9 Å². The first-order chi connectivity index (χ1) is 8.06. The topological polar surface area (TPSA) is 26.0 Å². The van der Waals surface area contributed by atoms with Gasteiger partial charge in [0.15, 0.2) is 0 Å². The molecule has 1 atom stereocenters. The van der Waals surface area contributed by atoms with Gasteiger partial charge in [0.2, 0.25) is 0 Å². The van der Waals surface area contributed by atoms with Crippen molar-refractivity contribution in [2.45, 2.75) is 65.8 Å². The zero-order chi connectivity index (χ0) is 12.8. The summed E-state index contributed by atoms with van der Waals surface area (Å²) in [6.07, 6.45) is 6.30. The fourth-order valence-electron chi connectivity index (χ4n) is 2.71. The predicted octanol–water partition coefficient (Wildman–Crippen LogP) is 4.58. The molecule has 1 aromatic carbocycles. The van der Waals surface area contributed by atoms with Crippen LogP contribution in [0.2, 0.25) is 0 Å². The van der Waals surface area contributed by atoms with E-state index >= 15 is 0 Å². The van der Waals surface area contributed by atoms with Gasteiger partial charge >= 0.3 is 0 Å². The monoisotopic (exact) mass is 233 g/mol. The molecule has 0 aliphatic heterocycles. The molecule has 1 nitrogen and oxygen atoms in total. The van der Waals surface area contributed by atoms with E-state index in [1.165, 1.54) is 47.9 Å². The zero-order valence-electron chi connectivity index (χ0n) is 11.8. The van der Waals surface area contributed by atoms with Crippen molar-refractivity contribution < 1.29 is 0 Å². The smallest absolute Gasteiger partial charge is 0.0300 e. The minimum Gasteiger partial charge on any atom is -0.324 e. The van der Waals surface area contributed by atoms with E-state index in [-0.39, 0.29) is 6.04 Å². The number of rotatable bonds is 6. The van der Waals surface area contributed by atoms with E-state index in [1.54, 1.807) is 0 Å². The van der Waals surface area contributed by atoms with Gasteiger partial charge in [-0.3, -0.25) is 0 Å². The fourth-order valence-corrected chi connectivity index (χ4v) is 2.71. The van der Waals surface area contributed by atoms with Crippen molar-refractivity contribution >= 4 is 0 Å². The highest BCUT2D eigenvalue weighted by atomic mass is 14.6. The third-order valence-electron chi connectivity index (χ3n) is 3.48.